The summed E-state index contributed by atoms with van der Waals surface area (Å²) in [4.78, 5) is 18.4. The fourth-order valence-electron chi connectivity index (χ4n) is 2.49. The van der Waals surface area contributed by atoms with Gasteiger partial charge < -0.3 is 19.5 Å². The normalized spacial score (nSPS) is 18.0. The Labute approximate surface area is 141 Å². The van der Waals surface area contributed by atoms with Gasteiger partial charge in [0.1, 0.15) is 0 Å². The Morgan fingerprint density at radius 3 is 2.71 bits per heavy atom. The number of carbonyl (C=O) groups is 1. The smallest absolute Gasteiger partial charge is 0.322 e. The van der Waals surface area contributed by atoms with Crippen LogP contribution in [0.1, 0.15) is 32.5 Å². The Bertz CT molecular complexity index is 696. The molecule has 1 aliphatic heterocycles. The van der Waals surface area contributed by atoms with E-state index in [2.05, 4.69) is 15.5 Å². The van der Waals surface area contributed by atoms with Gasteiger partial charge >= 0.3 is 6.03 Å². The molecule has 0 spiro atoms. The van der Waals surface area contributed by atoms with Crippen molar-refractivity contribution in [1.29, 1.82) is 0 Å². The van der Waals surface area contributed by atoms with E-state index in [-0.39, 0.29) is 18.1 Å². The summed E-state index contributed by atoms with van der Waals surface area (Å²) in [5, 5.41) is 6.86. The minimum atomic E-state index is -0.113. The third-order valence-electron chi connectivity index (χ3n) is 3.87. The fourth-order valence-corrected chi connectivity index (χ4v) is 2.49. The van der Waals surface area contributed by atoms with Crippen LogP contribution in [0.25, 0.3) is 11.5 Å². The first-order chi connectivity index (χ1) is 11.5. The highest BCUT2D eigenvalue weighted by Gasteiger charge is 2.21. The Morgan fingerprint density at radius 2 is 2.08 bits per heavy atom. The van der Waals surface area contributed by atoms with E-state index in [1.54, 1.807) is 4.90 Å². The lowest BCUT2D eigenvalue weighted by molar-refractivity contribution is -0.00138. The van der Waals surface area contributed by atoms with Gasteiger partial charge in [-0.05, 0) is 31.2 Å². The van der Waals surface area contributed by atoms with Crippen LogP contribution in [-0.2, 0) is 4.74 Å². The molecule has 1 unspecified atom stereocenters. The molecule has 2 heterocycles. The minimum Gasteiger partial charge on any atom is -0.375 e. The molecule has 1 aromatic heterocycles. The predicted octanol–water partition coefficient (Wildman–Crippen LogP) is 3.11. The summed E-state index contributed by atoms with van der Waals surface area (Å²) in [5.41, 5.74) is 1.55. The second kappa shape index (κ2) is 7.00. The van der Waals surface area contributed by atoms with Gasteiger partial charge in [0.2, 0.25) is 0 Å². The van der Waals surface area contributed by atoms with Gasteiger partial charge in [-0.1, -0.05) is 19.0 Å². The van der Waals surface area contributed by atoms with Crippen LogP contribution >= 0.6 is 0 Å². The van der Waals surface area contributed by atoms with Crippen LogP contribution in [0.3, 0.4) is 0 Å². The lowest BCUT2D eigenvalue weighted by Crippen LogP contribution is -2.46. The topological polar surface area (TPSA) is 80.5 Å². The highest BCUT2D eigenvalue weighted by molar-refractivity contribution is 5.89. The van der Waals surface area contributed by atoms with Crippen molar-refractivity contribution in [2.75, 3.05) is 25.0 Å². The number of urea groups is 1. The van der Waals surface area contributed by atoms with Gasteiger partial charge in [-0.15, -0.1) is 0 Å². The molecule has 7 heteroatoms. The molecule has 2 amide bonds. The number of carbonyl (C=O) groups excluding carboxylic acids is 1. The van der Waals surface area contributed by atoms with Crippen molar-refractivity contribution < 1.29 is 14.1 Å². The van der Waals surface area contributed by atoms with Gasteiger partial charge in [0.15, 0.2) is 5.82 Å². The summed E-state index contributed by atoms with van der Waals surface area (Å²) in [6.45, 7) is 7.77. The van der Waals surface area contributed by atoms with Crippen molar-refractivity contribution in [3.8, 4) is 11.5 Å². The van der Waals surface area contributed by atoms with E-state index < -0.39 is 0 Å². The van der Waals surface area contributed by atoms with E-state index in [9.17, 15) is 4.79 Å². The van der Waals surface area contributed by atoms with Gasteiger partial charge in [-0.3, -0.25) is 0 Å². The van der Waals surface area contributed by atoms with Crippen LogP contribution in [-0.4, -0.2) is 46.9 Å². The van der Waals surface area contributed by atoms with Crippen molar-refractivity contribution in [3.63, 3.8) is 0 Å². The molecule has 2 aromatic rings. The zero-order valence-corrected chi connectivity index (χ0v) is 14.2. The van der Waals surface area contributed by atoms with E-state index in [4.69, 9.17) is 9.26 Å². The maximum Gasteiger partial charge on any atom is 0.322 e. The minimum absolute atomic E-state index is 0.0690. The van der Waals surface area contributed by atoms with Crippen LogP contribution in [0, 0.1) is 0 Å². The lowest BCUT2D eigenvalue weighted by atomic mass is 10.2. The molecule has 1 fully saturated rings. The number of nitrogens with zero attached hydrogens (tertiary/aromatic N) is 3. The lowest BCUT2D eigenvalue weighted by Gasteiger charge is -2.31. The summed E-state index contributed by atoms with van der Waals surface area (Å²) in [6, 6.07) is 7.26. The second-order valence-electron chi connectivity index (χ2n) is 6.25. The fraction of sp³-hybridized carbons (Fsp3) is 0.471. The largest absolute Gasteiger partial charge is 0.375 e. The third-order valence-corrected chi connectivity index (χ3v) is 3.87. The molecular weight excluding hydrogens is 308 g/mol. The number of ether oxygens (including phenoxy) is 1. The summed E-state index contributed by atoms with van der Waals surface area (Å²) in [6.07, 6.45) is 0.0690. The maximum absolute atomic E-state index is 12.3. The Balaban J connectivity index is 1.64. The number of hydrogen-bond donors (Lipinski definition) is 1. The van der Waals surface area contributed by atoms with Crippen LogP contribution in [0.2, 0.25) is 0 Å². The molecule has 7 nitrogen and oxygen atoms in total. The molecule has 0 saturated carbocycles. The number of amides is 2. The molecule has 1 aromatic carbocycles. The van der Waals surface area contributed by atoms with Crippen molar-refractivity contribution in [1.82, 2.24) is 15.0 Å². The summed E-state index contributed by atoms with van der Waals surface area (Å²) in [7, 11) is 0. The molecule has 3 rings (SSSR count). The van der Waals surface area contributed by atoms with E-state index >= 15 is 0 Å². The zero-order chi connectivity index (χ0) is 17.1. The Kier molecular flexibility index (Phi) is 4.80. The van der Waals surface area contributed by atoms with E-state index in [1.807, 2.05) is 45.0 Å². The summed E-state index contributed by atoms with van der Waals surface area (Å²) in [5.74, 6) is 1.39. The Hall–Kier alpha value is -2.41. The van der Waals surface area contributed by atoms with E-state index in [0.717, 1.165) is 11.3 Å². The van der Waals surface area contributed by atoms with Crippen molar-refractivity contribution in [2.45, 2.75) is 32.8 Å². The molecule has 1 N–H and O–H groups in total. The first-order valence-corrected chi connectivity index (χ1v) is 8.14. The van der Waals surface area contributed by atoms with Crippen LogP contribution in [0.15, 0.2) is 28.8 Å². The standard InChI is InChI=1S/C17H22N4O3/c1-11(2)15-19-16(24-20-15)13-4-6-14(7-5-13)18-17(22)21-8-9-23-12(3)10-21/h4-7,11-12H,8-10H2,1-3H3,(H,18,22). The molecule has 1 saturated heterocycles. The zero-order valence-electron chi connectivity index (χ0n) is 14.2. The van der Waals surface area contributed by atoms with Gasteiger partial charge in [0.05, 0.1) is 12.7 Å². The Morgan fingerprint density at radius 1 is 1.33 bits per heavy atom. The SMILES string of the molecule is CC1CN(C(=O)Nc2ccc(-c3nc(C(C)C)no3)cc2)CCO1. The highest BCUT2D eigenvalue weighted by Crippen LogP contribution is 2.22. The molecule has 0 aliphatic carbocycles. The van der Waals surface area contributed by atoms with Gasteiger partial charge in [0.25, 0.3) is 5.89 Å². The van der Waals surface area contributed by atoms with Gasteiger partial charge in [-0.25, -0.2) is 4.79 Å². The van der Waals surface area contributed by atoms with Crippen molar-refractivity contribution in [3.05, 3.63) is 30.1 Å². The molecule has 1 aliphatic rings. The molecule has 0 bridgehead atoms. The molecule has 0 radical (unpaired) electrons. The average molecular weight is 330 g/mol. The molecule has 128 valence electrons. The summed E-state index contributed by atoms with van der Waals surface area (Å²) >= 11 is 0. The summed E-state index contributed by atoms with van der Waals surface area (Å²) < 4.78 is 10.7. The van der Waals surface area contributed by atoms with Crippen LogP contribution in [0.5, 0.6) is 0 Å². The van der Waals surface area contributed by atoms with Crippen molar-refractivity contribution in [2.24, 2.45) is 0 Å². The van der Waals surface area contributed by atoms with Crippen LogP contribution in [0.4, 0.5) is 10.5 Å². The third kappa shape index (κ3) is 3.73. The average Bonchev–Trinajstić information content (AvgIpc) is 3.06. The monoisotopic (exact) mass is 330 g/mol. The number of hydrogen-bond acceptors (Lipinski definition) is 5. The first-order valence-electron chi connectivity index (χ1n) is 8.14. The van der Waals surface area contributed by atoms with E-state index in [0.29, 0.717) is 31.4 Å². The quantitative estimate of drug-likeness (QED) is 0.935. The number of nitrogens with one attached hydrogen (secondary N) is 1. The maximum atomic E-state index is 12.3. The second-order valence-corrected chi connectivity index (χ2v) is 6.25. The number of morpholine rings is 1. The highest BCUT2D eigenvalue weighted by atomic mass is 16.5. The molecule has 24 heavy (non-hydrogen) atoms. The number of benzene rings is 1. The van der Waals surface area contributed by atoms with Gasteiger partial charge in [0, 0.05) is 30.3 Å². The van der Waals surface area contributed by atoms with E-state index in [1.165, 1.54) is 0 Å². The first kappa shape index (κ1) is 16.4. The molecular formula is C17H22N4O3. The number of aromatic nitrogens is 2. The van der Waals surface area contributed by atoms with Crippen molar-refractivity contribution >= 4 is 11.7 Å². The number of anilines is 1. The van der Waals surface area contributed by atoms with Gasteiger partial charge in [-0.2, -0.15) is 4.98 Å². The number of rotatable bonds is 3. The predicted molar refractivity (Wildman–Crippen MR) is 89.8 cm³/mol. The molecule has 1 atom stereocenters. The van der Waals surface area contributed by atoms with Crippen LogP contribution < -0.4 is 5.32 Å².